The average molecular weight is 475 g/mol. The van der Waals surface area contributed by atoms with Crippen molar-refractivity contribution >= 4 is 11.8 Å². The Morgan fingerprint density at radius 3 is 2.49 bits per heavy atom. The number of nitrogens with one attached hydrogen (secondary N) is 2. The van der Waals surface area contributed by atoms with Crippen molar-refractivity contribution in [3.63, 3.8) is 0 Å². The lowest BCUT2D eigenvalue weighted by Crippen LogP contribution is -2.61. The second kappa shape index (κ2) is 9.19. The molecule has 35 heavy (non-hydrogen) atoms. The first-order chi connectivity index (χ1) is 16.8. The van der Waals surface area contributed by atoms with Gasteiger partial charge in [0.1, 0.15) is 5.75 Å². The molecule has 182 valence electrons. The molecule has 5 rings (SSSR count). The molecule has 2 N–H and O–H groups in total. The van der Waals surface area contributed by atoms with E-state index in [4.69, 9.17) is 9.26 Å². The molecule has 8 nitrogen and oxygen atoms in total. The molecular formula is C27H30N4O4. The zero-order valence-electron chi connectivity index (χ0n) is 20.3. The Hall–Kier alpha value is -3.65. The number of aryl methyl sites for hydroxylation is 1. The minimum atomic E-state index is -0.629. The zero-order valence-corrected chi connectivity index (χ0v) is 20.3. The number of fused-ring (bicyclic) bond motifs is 1. The van der Waals surface area contributed by atoms with Crippen LogP contribution >= 0.6 is 0 Å². The van der Waals surface area contributed by atoms with Gasteiger partial charge in [-0.2, -0.15) is 0 Å². The van der Waals surface area contributed by atoms with Gasteiger partial charge in [-0.1, -0.05) is 23.4 Å². The summed E-state index contributed by atoms with van der Waals surface area (Å²) in [5.41, 5.74) is 3.01. The van der Waals surface area contributed by atoms with Gasteiger partial charge in [0.25, 0.3) is 11.8 Å². The Kier molecular flexibility index (Phi) is 6.06. The van der Waals surface area contributed by atoms with Crippen LogP contribution in [-0.4, -0.2) is 46.7 Å². The Bertz CT molecular complexity index is 1240. The maximum atomic E-state index is 13.0. The molecule has 2 aliphatic rings. The third kappa shape index (κ3) is 4.79. The number of hydrogen-bond donors (Lipinski definition) is 2. The molecule has 1 fully saturated rings. The molecule has 1 saturated heterocycles. The lowest BCUT2D eigenvalue weighted by Gasteiger charge is -2.45. The summed E-state index contributed by atoms with van der Waals surface area (Å²) >= 11 is 0. The van der Waals surface area contributed by atoms with E-state index in [1.165, 1.54) is 0 Å². The van der Waals surface area contributed by atoms with Crippen LogP contribution in [-0.2, 0) is 6.54 Å². The summed E-state index contributed by atoms with van der Waals surface area (Å²) in [6.45, 7) is 8.27. The van der Waals surface area contributed by atoms with Crippen molar-refractivity contribution in [1.82, 2.24) is 20.7 Å². The molecule has 0 aliphatic carbocycles. The molecule has 0 saturated carbocycles. The molecule has 0 unspecified atom stereocenters. The van der Waals surface area contributed by atoms with Crippen LogP contribution in [0.2, 0.25) is 0 Å². The highest BCUT2D eigenvalue weighted by molar-refractivity contribution is 6.00. The highest BCUT2D eigenvalue weighted by Gasteiger charge is 2.42. The Morgan fingerprint density at radius 2 is 1.83 bits per heavy atom. The fourth-order valence-corrected chi connectivity index (χ4v) is 4.70. The van der Waals surface area contributed by atoms with Gasteiger partial charge < -0.3 is 24.8 Å². The number of rotatable bonds is 5. The van der Waals surface area contributed by atoms with Crippen molar-refractivity contribution < 1.29 is 18.8 Å². The first-order valence-corrected chi connectivity index (χ1v) is 12.0. The van der Waals surface area contributed by atoms with E-state index < -0.39 is 5.72 Å². The molecule has 0 radical (unpaired) electrons. The molecule has 1 aromatic heterocycles. The normalized spacial score (nSPS) is 17.1. The van der Waals surface area contributed by atoms with Crippen molar-refractivity contribution in [1.29, 1.82) is 0 Å². The number of hydrogen-bond acceptors (Lipinski definition) is 6. The first kappa shape index (κ1) is 23.1. The van der Waals surface area contributed by atoms with Crippen LogP contribution in [0.5, 0.6) is 5.75 Å². The van der Waals surface area contributed by atoms with Gasteiger partial charge in [0.2, 0.25) is 0 Å². The van der Waals surface area contributed by atoms with Gasteiger partial charge in [-0.3, -0.25) is 9.59 Å². The van der Waals surface area contributed by atoms with E-state index in [0.717, 1.165) is 42.8 Å². The van der Waals surface area contributed by atoms with Crippen molar-refractivity contribution in [3.05, 3.63) is 71.1 Å². The molecule has 3 aromatic rings. The van der Waals surface area contributed by atoms with Gasteiger partial charge in [-0.25, -0.2) is 0 Å². The summed E-state index contributed by atoms with van der Waals surface area (Å²) in [5, 5.41) is 9.77. The number of ether oxygens (including phenoxy) is 1. The number of piperidine rings is 1. The summed E-state index contributed by atoms with van der Waals surface area (Å²) < 4.78 is 11.5. The van der Waals surface area contributed by atoms with E-state index >= 15 is 0 Å². The molecule has 3 heterocycles. The highest BCUT2D eigenvalue weighted by atomic mass is 16.5. The second-order valence-corrected chi connectivity index (χ2v) is 9.59. The molecule has 8 heteroatoms. The van der Waals surface area contributed by atoms with E-state index in [1.54, 1.807) is 18.2 Å². The highest BCUT2D eigenvalue weighted by Crippen LogP contribution is 2.36. The van der Waals surface area contributed by atoms with Crippen molar-refractivity contribution in [2.45, 2.75) is 51.9 Å². The van der Waals surface area contributed by atoms with Crippen molar-refractivity contribution in [2.24, 2.45) is 0 Å². The van der Waals surface area contributed by atoms with Crippen molar-refractivity contribution in [2.75, 3.05) is 13.1 Å². The number of amides is 2. The van der Waals surface area contributed by atoms with Gasteiger partial charge in [-0.05, 0) is 56.2 Å². The van der Waals surface area contributed by atoms with Crippen LogP contribution in [0.1, 0.15) is 58.9 Å². The lowest BCUT2D eigenvalue weighted by molar-refractivity contribution is -0.0343. The van der Waals surface area contributed by atoms with Gasteiger partial charge in [0, 0.05) is 43.6 Å². The number of nitrogens with zero attached hydrogens (tertiary/aromatic N) is 2. The smallest absolute Gasteiger partial charge is 0.258 e. The predicted molar refractivity (Wildman–Crippen MR) is 131 cm³/mol. The summed E-state index contributed by atoms with van der Waals surface area (Å²) in [6.07, 6.45) is 1.52. The molecule has 0 bridgehead atoms. The topological polar surface area (TPSA) is 96.7 Å². The molecule has 0 atom stereocenters. The Morgan fingerprint density at radius 1 is 1.11 bits per heavy atom. The van der Waals surface area contributed by atoms with Gasteiger partial charge in [0.05, 0.1) is 17.8 Å². The molecule has 1 spiro atoms. The zero-order chi connectivity index (χ0) is 24.6. The number of carbonyl (C=O) groups excluding carboxylic acids is 2. The van der Waals surface area contributed by atoms with E-state index in [-0.39, 0.29) is 18.4 Å². The molecule has 2 aliphatic heterocycles. The number of benzene rings is 2. The van der Waals surface area contributed by atoms with E-state index in [2.05, 4.69) is 34.5 Å². The van der Waals surface area contributed by atoms with E-state index in [1.807, 2.05) is 37.3 Å². The quantitative estimate of drug-likeness (QED) is 0.582. The predicted octanol–water partition coefficient (Wildman–Crippen LogP) is 3.90. The SMILES string of the molecule is Cc1cc(CNC(=O)c2ccc(-c3ccc4c(c3)C(=O)NC3(CCN(C(C)C)CC3)O4)cc2)on1. The van der Waals surface area contributed by atoms with Crippen LogP contribution in [0.15, 0.2) is 53.1 Å². The van der Waals surface area contributed by atoms with Crippen LogP contribution in [0.25, 0.3) is 11.1 Å². The van der Waals surface area contributed by atoms with Gasteiger partial charge >= 0.3 is 0 Å². The van der Waals surface area contributed by atoms with Gasteiger partial charge in [0.15, 0.2) is 11.5 Å². The van der Waals surface area contributed by atoms with Crippen LogP contribution in [0.3, 0.4) is 0 Å². The first-order valence-electron chi connectivity index (χ1n) is 12.0. The largest absolute Gasteiger partial charge is 0.467 e. The van der Waals surface area contributed by atoms with Crippen LogP contribution in [0.4, 0.5) is 0 Å². The van der Waals surface area contributed by atoms with E-state index in [0.29, 0.717) is 28.7 Å². The third-order valence-electron chi connectivity index (χ3n) is 6.79. The minimum Gasteiger partial charge on any atom is -0.467 e. The Balaban J connectivity index is 1.27. The summed E-state index contributed by atoms with van der Waals surface area (Å²) in [6, 6.07) is 15.2. The fraction of sp³-hybridized carbons (Fsp3) is 0.370. The lowest BCUT2D eigenvalue weighted by atomic mass is 9.94. The molecular weight excluding hydrogens is 444 g/mol. The summed E-state index contributed by atoms with van der Waals surface area (Å²) in [4.78, 5) is 27.9. The molecule has 2 aromatic carbocycles. The summed E-state index contributed by atoms with van der Waals surface area (Å²) in [7, 11) is 0. The van der Waals surface area contributed by atoms with E-state index in [9.17, 15) is 9.59 Å². The fourth-order valence-electron chi connectivity index (χ4n) is 4.70. The van der Waals surface area contributed by atoms with Crippen LogP contribution in [0, 0.1) is 6.92 Å². The molecule has 2 amide bonds. The minimum absolute atomic E-state index is 0.107. The van der Waals surface area contributed by atoms with Gasteiger partial charge in [-0.15, -0.1) is 0 Å². The third-order valence-corrected chi connectivity index (χ3v) is 6.79. The van der Waals surface area contributed by atoms with Crippen molar-refractivity contribution in [3.8, 4) is 16.9 Å². The standard InChI is InChI=1S/C27H30N4O4/c1-17(2)31-12-10-27(11-13-31)29-26(33)23-15-21(8-9-24(23)34-27)19-4-6-20(7-5-19)25(32)28-16-22-14-18(3)30-35-22/h4-9,14-15,17H,10-13,16H2,1-3H3,(H,28,32)(H,29,33). The monoisotopic (exact) mass is 474 g/mol. The number of carbonyl (C=O) groups is 2. The average Bonchev–Trinajstić information content (AvgIpc) is 3.28. The number of likely N-dealkylation sites (tertiary alicyclic amines) is 1. The number of aromatic nitrogens is 1. The Labute approximate surface area is 204 Å². The van der Waals surface area contributed by atoms with Crippen LogP contribution < -0.4 is 15.4 Å². The maximum absolute atomic E-state index is 13.0. The second-order valence-electron chi connectivity index (χ2n) is 9.59. The summed E-state index contributed by atoms with van der Waals surface area (Å²) in [5.74, 6) is 0.922. The maximum Gasteiger partial charge on any atom is 0.258 e.